The average molecular weight is 284 g/mol. The maximum Gasteiger partial charge on any atom is 0.0820 e. The fourth-order valence-corrected chi connectivity index (χ4v) is 3.55. The summed E-state index contributed by atoms with van der Waals surface area (Å²) in [4.78, 5) is 0. The zero-order valence-corrected chi connectivity index (χ0v) is 12.9. The van der Waals surface area contributed by atoms with Gasteiger partial charge in [-0.1, -0.05) is 38.3 Å². The summed E-state index contributed by atoms with van der Waals surface area (Å²) in [6, 6.07) is 0.638. The van der Waals surface area contributed by atoms with Gasteiger partial charge in [-0.25, -0.2) is 0 Å². The molecule has 2 rings (SSSR count). The van der Waals surface area contributed by atoms with Crippen LogP contribution in [0.25, 0.3) is 0 Å². The van der Waals surface area contributed by atoms with Gasteiger partial charge in [0.15, 0.2) is 0 Å². The van der Waals surface area contributed by atoms with E-state index in [-0.39, 0.29) is 0 Å². The molecule has 1 aromatic heterocycles. The number of nitrogens with zero attached hydrogens (tertiary/aromatic N) is 2. The van der Waals surface area contributed by atoms with E-state index in [4.69, 9.17) is 11.6 Å². The smallest absolute Gasteiger partial charge is 0.0820 e. The van der Waals surface area contributed by atoms with Crippen LogP contribution in [0.5, 0.6) is 0 Å². The first-order chi connectivity index (χ1) is 9.26. The Bertz CT molecular complexity index is 389. The van der Waals surface area contributed by atoms with Crippen molar-refractivity contribution in [2.24, 2.45) is 0 Å². The summed E-state index contributed by atoms with van der Waals surface area (Å²) in [5.74, 6) is 0.563. The summed E-state index contributed by atoms with van der Waals surface area (Å²) in [6.45, 7) is 6.41. The Morgan fingerprint density at radius 1 is 1.37 bits per heavy atom. The Labute approximate surface area is 121 Å². The Kier molecular flexibility index (Phi) is 5.71. The molecule has 1 heterocycles. The molecule has 19 heavy (non-hydrogen) atoms. The van der Waals surface area contributed by atoms with Crippen molar-refractivity contribution in [2.45, 2.75) is 70.9 Å². The zero-order valence-electron chi connectivity index (χ0n) is 12.2. The highest BCUT2D eigenvalue weighted by Crippen LogP contribution is 2.35. The maximum atomic E-state index is 6.39. The molecule has 0 spiro atoms. The molecule has 2 unspecified atom stereocenters. The molecule has 0 aromatic carbocycles. The molecule has 0 bridgehead atoms. The Hall–Kier alpha value is -0.540. The highest BCUT2D eigenvalue weighted by molar-refractivity contribution is 6.31. The molecule has 1 aliphatic rings. The van der Waals surface area contributed by atoms with Gasteiger partial charge in [0, 0.05) is 18.5 Å². The van der Waals surface area contributed by atoms with E-state index in [0.717, 1.165) is 24.5 Å². The minimum Gasteiger partial charge on any atom is -0.314 e. The standard InChI is InChI=1S/C15H26ClN3/c1-3-9-19-15(14(16)11-18-19)12-7-5-6-8-13(10-12)17-4-2/h11-13,17H,3-10H2,1-2H3. The number of hydrogen-bond donors (Lipinski definition) is 1. The topological polar surface area (TPSA) is 29.9 Å². The molecule has 1 N–H and O–H groups in total. The van der Waals surface area contributed by atoms with Crippen LogP contribution in [0.1, 0.15) is 64.0 Å². The van der Waals surface area contributed by atoms with Crippen molar-refractivity contribution in [2.75, 3.05) is 6.54 Å². The van der Waals surface area contributed by atoms with Crippen molar-refractivity contribution in [3.63, 3.8) is 0 Å². The zero-order chi connectivity index (χ0) is 13.7. The lowest BCUT2D eigenvalue weighted by molar-refractivity contribution is 0.430. The van der Waals surface area contributed by atoms with E-state index in [0.29, 0.717) is 12.0 Å². The van der Waals surface area contributed by atoms with Crippen LogP contribution in [-0.2, 0) is 6.54 Å². The van der Waals surface area contributed by atoms with Gasteiger partial charge < -0.3 is 5.32 Å². The molecule has 1 saturated carbocycles. The Morgan fingerprint density at radius 2 is 2.16 bits per heavy atom. The van der Waals surface area contributed by atoms with Crippen LogP contribution >= 0.6 is 11.6 Å². The van der Waals surface area contributed by atoms with Crippen molar-refractivity contribution in [1.29, 1.82) is 0 Å². The summed E-state index contributed by atoms with van der Waals surface area (Å²) < 4.78 is 2.13. The van der Waals surface area contributed by atoms with Gasteiger partial charge in [-0.15, -0.1) is 0 Å². The van der Waals surface area contributed by atoms with Crippen molar-refractivity contribution in [1.82, 2.24) is 15.1 Å². The van der Waals surface area contributed by atoms with Crippen molar-refractivity contribution in [3.8, 4) is 0 Å². The predicted octanol–water partition coefficient (Wildman–Crippen LogP) is 3.97. The lowest BCUT2D eigenvalue weighted by Crippen LogP contribution is -2.29. The fourth-order valence-electron chi connectivity index (χ4n) is 3.25. The van der Waals surface area contributed by atoms with Crippen LogP contribution in [0, 0.1) is 0 Å². The monoisotopic (exact) mass is 283 g/mol. The van der Waals surface area contributed by atoms with E-state index in [9.17, 15) is 0 Å². The second kappa shape index (κ2) is 7.30. The van der Waals surface area contributed by atoms with Crippen LogP contribution in [0.4, 0.5) is 0 Å². The van der Waals surface area contributed by atoms with E-state index >= 15 is 0 Å². The third-order valence-electron chi connectivity index (χ3n) is 4.07. The normalized spacial score (nSPS) is 24.4. The van der Waals surface area contributed by atoms with Gasteiger partial charge in [-0.2, -0.15) is 5.10 Å². The summed E-state index contributed by atoms with van der Waals surface area (Å²) in [5, 5.41) is 8.92. The van der Waals surface area contributed by atoms with Crippen molar-refractivity contribution >= 4 is 11.6 Å². The number of nitrogens with one attached hydrogen (secondary N) is 1. The second-order valence-corrected chi connectivity index (χ2v) is 5.98. The highest BCUT2D eigenvalue weighted by atomic mass is 35.5. The number of hydrogen-bond acceptors (Lipinski definition) is 2. The largest absolute Gasteiger partial charge is 0.314 e. The van der Waals surface area contributed by atoms with Gasteiger partial charge in [0.25, 0.3) is 0 Å². The minimum absolute atomic E-state index is 0.563. The van der Waals surface area contributed by atoms with Crippen molar-refractivity contribution < 1.29 is 0 Å². The molecule has 1 aromatic rings. The van der Waals surface area contributed by atoms with Crippen LogP contribution < -0.4 is 5.32 Å². The quantitative estimate of drug-likeness (QED) is 0.829. The average Bonchev–Trinajstić information content (AvgIpc) is 2.62. The summed E-state index contributed by atoms with van der Waals surface area (Å²) in [6.07, 6.45) is 9.30. The molecule has 2 atom stereocenters. The van der Waals surface area contributed by atoms with Crippen LogP contribution in [0.3, 0.4) is 0 Å². The molecule has 0 radical (unpaired) electrons. The van der Waals surface area contributed by atoms with Gasteiger partial charge in [-0.3, -0.25) is 4.68 Å². The molecule has 0 amide bonds. The Balaban J connectivity index is 2.16. The fraction of sp³-hybridized carbons (Fsp3) is 0.800. The van der Waals surface area contributed by atoms with Gasteiger partial charge in [0.1, 0.15) is 0 Å². The molecule has 0 aliphatic heterocycles. The maximum absolute atomic E-state index is 6.39. The third-order valence-corrected chi connectivity index (χ3v) is 4.36. The predicted molar refractivity (Wildman–Crippen MR) is 80.8 cm³/mol. The van der Waals surface area contributed by atoms with E-state index < -0.39 is 0 Å². The molecule has 108 valence electrons. The highest BCUT2D eigenvalue weighted by Gasteiger charge is 2.25. The van der Waals surface area contributed by atoms with Gasteiger partial charge >= 0.3 is 0 Å². The van der Waals surface area contributed by atoms with E-state index in [2.05, 4.69) is 28.9 Å². The number of aromatic nitrogens is 2. The summed E-state index contributed by atoms with van der Waals surface area (Å²) >= 11 is 6.39. The molecule has 4 heteroatoms. The molecule has 1 aliphatic carbocycles. The first kappa shape index (κ1) is 14.9. The van der Waals surface area contributed by atoms with Crippen LogP contribution in [0.15, 0.2) is 6.20 Å². The number of aryl methyl sites for hydroxylation is 1. The second-order valence-electron chi connectivity index (χ2n) is 5.57. The lowest BCUT2D eigenvalue weighted by atomic mass is 9.94. The van der Waals surface area contributed by atoms with Crippen LogP contribution in [0.2, 0.25) is 5.02 Å². The number of rotatable bonds is 5. The lowest BCUT2D eigenvalue weighted by Gasteiger charge is -2.22. The Morgan fingerprint density at radius 3 is 2.89 bits per heavy atom. The molecular formula is C15H26ClN3. The molecule has 1 fully saturated rings. The van der Waals surface area contributed by atoms with Gasteiger partial charge in [0.2, 0.25) is 0 Å². The molecular weight excluding hydrogens is 258 g/mol. The summed E-state index contributed by atoms with van der Waals surface area (Å²) in [7, 11) is 0. The van der Waals surface area contributed by atoms with E-state index in [1.807, 2.05) is 6.20 Å². The molecule has 0 saturated heterocycles. The van der Waals surface area contributed by atoms with Gasteiger partial charge in [0.05, 0.1) is 16.9 Å². The third kappa shape index (κ3) is 3.73. The molecule has 3 nitrogen and oxygen atoms in total. The van der Waals surface area contributed by atoms with E-state index in [1.54, 1.807) is 0 Å². The first-order valence-corrected chi connectivity index (χ1v) is 8.08. The minimum atomic E-state index is 0.563. The SMILES string of the molecule is CCCn1ncc(Cl)c1C1CCCCC(NCC)C1. The van der Waals surface area contributed by atoms with Gasteiger partial charge in [-0.05, 0) is 32.2 Å². The number of halogens is 1. The van der Waals surface area contributed by atoms with E-state index in [1.165, 1.54) is 37.8 Å². The van der Waals surface area contributed by atoms with Crippen LogP contribution in [-0.4, -0.2) is 22.4 Å². The summed E-state index contributed by atoms with van der Waals surface area (Å²) in [5.41, 5.74) is 1.27. The van der Waals surface area contributed by atoms with Crippen molar-refractivity contribution in [3.05, 3.63) is 16.9 Å². The first-order valence-electron chi connectivity index (χ1n) is 7.70.